The molecular formula is C22H28N2. The van der Waals surface area contributed by atoms with E-state index in [1.54, 1.807) is 11.1 Å². The van der Waals surface area contributed by atoms with Gasteiger partial charge in [0.15, 0.2) is 0 Å². The zero-order chi connectivity index (χ0) is 16.2. The second-order valence-electron chi connectivity index (χ2n) is 7.30. The van der Waals surface area contributed by atoms with Crippen LogP contribution in [0.2, 0.25) is 0 Å². The Balaban J connectivity index is 1.20. The summed E-state index contributed by atoms with van der Waals surface area (Å²) in [7, 11) is 0. The van der Waals surface area contributed by atoms with E-state index in [4.69, 9.17) is 0 Å². The Morgan fingerprint density at radius 2 is 1.38 bits per heavy atom. The average Bonchev–Trinajstić information content (AvgIpc) is 3.07. The highest BCUT2D eigenvalue weighted by Gasteiger charge is 2.28. The third kappa shape index (κ3) is 3.71. The first-order valence-electron chi connectivity index (χ1n) is 9.45. The predicted octanol–water partition coefficient (Wildman–Crippen LogP) is 3.40. The first kappa shape index (κ1) is 15.9. The molecule has 0 amide bonds. The van der Waals surface area contributed by atoms with Crippen molar-refractivity contribution in [2.24, 2.45) is 0 Å². The topological polar surface area (TPSA) is 6.48 Å². The largest absolute Gasteiger partial charge is 0.301 e. The van der Waals surface area contributed by atoms with Crippen LogP contribution in [0.15, 0.2) is 54.6 Å². The predicted molar refractivity (Wildman–Crippen MR) is 100 cm³/mol. The Labute approximate surface area is 146 Å². The van der Waals surface area contributed by atoms with E-state index < -0.39 is 0 Å². The number of aryl methyl sites for hydroxylation is 1. The highest BCUT2D eigenvalue weighted by molar-refractivity contribution is 5.33. The maximum atomic E-state index is 2.73. The number of rotatable bonds is 5. The normalized spacial score (nSPS) is 19.5. The highest BCUT2D eigenvalue weighted by Crippen LogP contribution is 2.26. The van der Waals surface area contributed by atoms with Crippen LogP contribution in [0.3, 0.4) is 0 Å². The molecule has 0 radical (unpaired) electrons. The summed E-state index contributed by atoms with van der Waals surface area (Å²) in [5.41, 5.74) is 4.63. The number of hydrogen-bond acceptors (Lipinski definition) is 2. The zero-order valence-corrected chi connectivity index (χ0v) is 14.5. The molecule has 4 rings (SSSR count). The minimum absolute atomic E-state index is 0.744. The minimum Gasteiger partial charge on any atom is -0.301 e. The van der Waals surface area contributed by atoms with E-state index in [1.807, 2.05) is 0 Å². The zero-order valence-electron chi connectivity index (χ0n) is 14.5. The van der Waals surface area contributed by atoms with Gasteiger partial charge in [0.2, 0.25) is 0 Å². The van der Waals surface area contributed by atoms with Gasteiger partial charge in [0, 0.05) is 32.2 Å². The summed E-state index contributed by atoms with van der Waals surface area (Å²) in [6.45, 7) is 6.20. The minimum atomic E-state index is 0.744. The SMILES string of the molecule is c1ccc(CCCN2CCN(C3Cc4ccccc4C3)CC2)cc1. The van der Waals surface area contributed by atoms with Crippen LogP contribution in [0, 0.1) is 0 Å². The van der Waals surface area contributed by atoms with Crippen LogP contribution >= 0.6 is 0 Å². The lowest BCUT2D eigenvalue weighted by Gasteiger charge is -2.38. The Hall–Kier alpha value is -1.64. The van der Waals surface area contributed by atoms with E-state index in [0.717, 1.165) is 6.04 Å². The van der Waals surface area contributed by atoms with Crippen molar-refractivity contribution < 1.29 is 0 Å². The fraction of sp³-hybridized carbons (Fsp3) is 0.455. The number of fused-ring (bicyclic) bond motifs is 1. The fourth-order valence-corrected chi connectivity index (χ4v) is 4.30. The molecule has 0 atom stereocenters. The molecule has 1 saturated heterocycles. The van der Waals surface area contributed by atoms with Crippen molar-refractivity contribution in [2.45, 2.75) is 31.7 Å². The van der Waals surface area contributed by atoms with Gasteiger partial charge in [-0.3, -0.25) is 4.90 Å². The maximum Gasteiger partial charge on any atom is 0.0177 e. The lowest BCUT2D eigenvalue weighted by molar-refractivity contribution is 0.0985. The standard InChI is InChI=1S/C22H28N2/c1-2-7-19(8-3-1)9-6-12-23-13-15-24(16-14-23)22-17-20-10-4-5-11-21(20)18-22/h1-5,7-8,10-11,22H,6,9,12-18H2. The lowest BCUT2D eigenvalue weighted by atomic mass is 10.1. The van der Waals surface area contributed by atoms with E-state index in [1.165, 1.54) is 64.0 Å². The molecule has 24 heavy (non-hydrogen) atoms. The van der Waals surface area contributed by atoms with Gasteiger partial charge in [-0.2, -0.15) is 0 Å². The number of nitrogens with zero attached hydrogens (tertiary/aromatic N) is 2. The van der Waals surface area contributed by atoms with Crippen molar-refractivity contribution in [3.8, 4) is 0 Å². The second-order valence-corrected chi connectivity index (χ2v) is 7.30. The average molecular weight is 320 g/mol. The van der Waals surface area contributed by atoms with E-state index in [0.29, 0.717) is 0 Å². The van der Waals surface area contributed by atoms with Gasteiger partial charge >= 0.3 is 0 Å². The first-order valence-corrected chi connectivity index (χ1v) is 9.45. The van der Waals surface area contributed by atoms with E-state index >= 15 is 0 Å². The number of piperazine rings is 1. The van der Waals surface area contributed by atoms with Gasteiger partial charge in [-0.25, -0.2) is 0 Å². The molecule has 0 unspecified atom stereocenters. The lowest BCUT2D eigenvalue weighted by Crippen LogP contribution is -2.50. The smallest absolute Gasteiger partial charge is 0.0177 e. The van der Waals surface area contributed by atoms with Gasteiger partial charge in [0.05, 0.1) is 0 Å². The molecule has 2 nitrogen and oxygen atoms in total. The van der Waals surface area contributed by atoms with Crippen LogP contribution in [0.5, 0.6) is 0 Å². The van der Waals surface area contributed by atoms with Crippen LogP contribution in [0.4, 0.5) is 0 Å². The van der Waals surface area contributed by atoms with Crippen LogP contribution in [-0.2, 0) is 19.3 Å². The summed E-state index contributed by atoms with van der Waals surface area (Å²) >= 11 is 0. The molecule has 2 aromatic carbocycles. The quantitative estimate of drug-likeness (QED) is 0.833. The molecule has 2 aliphatic rings. The van der Waals surface area contributed by atoms with Gasteiger partial charge in [-0.15, -0.1) is 0 Å². The summed E-state index contributed by atoms with van der Waals surface area (Å²) in [4.78, 5) is 5.38. The second kappa shape index (κ2) is 7.50. The first-order chi connectivity index (χ1) is 11.9. The van der Waals surface area contributed by atoms with Crippen molar-refractivity contribution in [3.63, 3.8) is 0 Å². The third-order valence-electron chi connectivity index (χ3n) is 5.74. The monoisotopic (exact) mass is 320 g/mol. The highest BCUT2D eigenvalue weighted by atomic mass is 15.3. The van der Waals surface area contributed by atoms with Crippen molar-refractivity contribution in [2.75, 3.05) is 32.7 Å². The summed E-state index contributed by atoms with van der Waals surface area (Å²) in [5, 5.41) is 0. The van der Waals surface area contributed by atoms with Crippen LogP contribution in [0.25, 0.3) is 0 Å². The van der Waals surface area contributed by atoms with Gasteiger partial charge < -0.3 is 4.90 Å². The van der Waals surface area contributed by atoms with Crippen molar-refractivity contribution in [3.05, 3.63) is 71.3 Å². The van der Waals surface area contributed by atoms with Crippen LogP contribution in [-0.4, -0.2) is 48.6 Å². The van der Waals surface area contributed by atoms with E-state index in [9.17, 15) is 0 Å². The van der Waals surface area contributed by atoms with E-state index in [2.05, 4.69) is 64.4 Å². The number of hydrogen-bond donors (Lipinski definition) is 0. The molecule has 2 heteroatoms. The Morgan fingerprint density at radius 1 is 0.750 bits per heavy atom. The Morgan fingerprint density at radius 3 is 2.04 bits per heavy atom. The van der Waals surface area contributed by atoms with Gasteiger partial charge in [-0.1, -0.05) is 54.6 Å². The van der Waals surface area contributed by atoms with Gasteiger partial charge in [0.25, 0.3) is 0 Å². The summed E-state index contributed by atoms with van der Waals surface area (Å²) < 4.78 is 0. The van der Waals surface area contributed by atoms with Crippen molar-refractivity contribution >= 4 is 0 Å². The third-order valence-corrected chi connectivity index (χ3v) is 5.74. The molecule has 0 aromatic heterocycles. The molecule has 1 heterocycles. The molecule has 0 bridgehead atoms. The molecule has 126 valence electrons. The molecule has 1 fully saturated rings. The molecule has 1 aliphatic heterocycles. The summed E-state index contributed by atoms with van der Waals surface area (Å²) in [6.07, 6.45) is 4.99. The van der Waals surface area contributed by atoms with Crippen LogP contribution in [0.1, 0.15) is 23.1 Å². The van der Waals surface area contributed by atoms with Gasteiger partial charge in [-0.05, 0) is 48.9 Å². The molecular weight excluding hydrogens is 292 g/mol. The van der Waals surface area contributed by atoms with Gasteiger partial charge in [0.1, 0.15) is 0 Å². The fourth-order valence-electron chi connectivity index (χ4n) is 4.30. The van der Waals surface area contributed by atoms with E-state index in [-0.39, 0.29) is 0 Å². The maximum absolute atomic E-state index is 2.73. The number of benzene rings is 2. The molecule has 1 aliphatic carbocycles. The molecule has 0 spiro atoms. The summed E-state index contributed by atoms with van der Waals surface area (Å²) in [6, 6.07) is 20.6. The summed E-state index contributed by atoms with van der Waals surface area (Å²) in [5.74, 6) is 0. The van der Waals surface area contributed by atoms with Crippen molar-refractivity contribution in [1.29, 1.82) is 0 Å². The molecule has 0 saturated carbocycles. The molecule has 0 N–H and O–H groups in total. The van der Waals surface area contributed by atoms with Crippen LogP contribution < -0.4 is 0 Å². The Bertz CT molecular complexity index is 619. The molecule has 2 aromatic rings. The van der Waals surface area contributed by atoms with Crippen molar-refractivity contribution in [1.82, 2.24) is 9.80 Å². The Kier molecular flexibility index (Phi) is 4.96.